The maximum absolute atomic E-state index is 12.5. The lowest BCUT2D eigenvalue weighted by molar-refractivity contribution is 0.0784. The van der Waals surface area contributed by atoms with Crippen molar-refractivity contribution in [2.24, 2.45) is 0 Å². The van der Waals surface area contributed by atoms with Crippen molar-refractivity contribution < 1.29 is 4.79 Å². The number of imidazole rings is 1. The zero-order chi connectivity index (χ0) is 16.9. The van der Waals surface area contributed by atoms with Crippen molar-refractivity contribution in [3.63, 3.8) is 0 Å². The first-order chi connectivity index (χ1) is 11.6. The number of amides is 1. The lowest BCUT2D eigenvalue weighted by Crippen LogP contribution is -2.32. The fourth-order valence-electron chi connectivity index (χ4n) is 3.13. The average molecular weight is 330 g/mol. The topological polar surface area (TPSA) is 68.0 Å². The van der Waals surface area contributed by atoms with Crippen molar-refractivity contribution in [1.29, 1.82) is 0 Å². The molecule has 130 valence electrons. The van der Waals surface area contributed by atoms with Crippen LogP contribution >= 0.6 is 0 Å². The second kappa shape index (κ2) is 7.61. The van der Waals surface area contributed by atoms with Gasteiger partial charge in [0, 0.05) is 45.3 Å². The summed E-state index contributed by atoms with van der Waals surface area (Å²) in [6.45, 7) is 5.56. The number of hydrogen-bond donors (Lipinski definition) is 1. The number of aromatic nitrogens is 4. The van der Waals surface area contributed by atoms with Gasteiger partial charge in [0.25, 0.3) is 5.91 Å². The molecule has 0 aliphatic carbocycles. The first-order valence-corrected chi connectivity index (χ1v) is 8.64. The zero-order valence-corrected chi connectivity index (χ0v) is 14.5. The van der Waals surface area contributed by atoms with Crippen LogP contribution in [-0.2, 0) is 6.54 Å². The number of carbonyl (C=O) groups excluding carboxylic acids is 1. The van der Waals surface area contributed by atoms with E-state index >= 15 is 0 Å². The van der Waals surface area contributed by atoms with E-state index in [2.05, 4.69) is 20.0 Å². The Morgan fingerprint density at radius 1 is 1.46 bits per heavy atom. The minimum Gasteiger partial charge on any atom is -0.340 e. The number of carbonyl (C=O) groups is 1. The van der Waals surface area contributed by atoms with Gasteiger partial charge in [-0.2, -0.15) is 5.10 Å². The third-order valence-corrected chi connectivity index (χ3v) is 4.64. The molecule has 7 heteroatoms. The van der Waals surface area contributed by atoms with Crippen molar-refractivity contribution >= 4 is 5.91 Å². The van der Waals surface area contributed by atoms with E-state index in [1.165, 1.54) is 0 Å². The third kappa shape index (κ3) is 3.84. The first-order valence-electron chi connectivity index (χ1n) is 8.64. The van der Waals surface area contributed by atoms with Gasteiger partial charge >= 0.3 is 0 Å². The fourth-order valence-corrected chi connectivity index (χ4v) is 3.13. The highest BCUT2D eigenvalue weighted by Crippen LogP contribution is 2.16. The minimum absolute atomic E-state index is 0.0140. The molecule has 1 N–H and O–H groups in total. The summed E-state index contributed by atoms with van der Waals surface area (Å²) in [6.07, 6.45) is 8.86. The van der Waals surface area contributed by atoms with E-state index < -0.39 is 0 Å². The monoisotopic (exact) mass is 330 g/mol. The summed E-state index contributed by atoms with van der Waals surface area (Å²) < 4.78 is 4.03. The number of nitrogens with zero attached hydrogens (tertiary/aromatic N) is 5. The molecule has 3 heterocycles. The van der Waals surface area contributed by atoms with Crippen molar-refractivity contribution in [1.82, 2.24) is 29.5 Å². The molecule has 1 atom stereocenters. The Labute approximate surface area is 142 Å². The maximum atomic E-state index is 12.5. The summed E-state index contributed by atoms with van der Waals surface area (Å²) in [5, 5.41) is 7.87. The molecule has 0 aromatic carbocycles. The average Bonchev–Trinajstić information content (AvgIpc) is 3.24. The standard InChI is InChI=1S/C17H26N6O/c1-14-19-8-12-22(14)10-4-9-21(2)17(24)16-6-11-23(20-16)15-5-3-7-18-13-15/h6,8,11-12,15,18H,3-5,7,9-10,13H2,1-2H3. The number of nitrogens with one attached hydrogen (secondary N) is 1. The predicted molar refractivity (Wildman–Crippen MR) is 91.9 cm³/mol. The molecule has 0 saturated carbocycles. The second-order valence-electron chi connectivity index (χ2n) is 6.43. The molecular formula is C17H26N6O. The van der Waals surface area contributed by atoms with Gasteiger partial charge in [0.2, 0.25) is 0 Å². The largest absolute Gasteiger partial charge is 0.340 e. The lowest BCUT2D eigenvalue weighted by Gasteiger charge is -2.23. The van der Waals surface area contributed by atoms with E-state index in [9.17, 15) is 4.79 Å². The van der Waals surface area contributed by atoms with E-state index in [-0.39, 0.29) is 5.91 Å². The normalized spacial score (nSPS) is 17.8. The van der Waals surface area contributed by atoms with Crippen LogP contribution < -0.4 is 5.32 Å². The Bertz CT molecular complexity index is 670. The molecule has 2 aromatic heterocycles. The van der Waals surface area contributed by atoms with E-state index in [4.69, 9.17) is 0 Å². The Morgan fingerprint density at radius 3 is 3.04 bits per heavy atom. The fraction of sp³-hybridized carbons (Fsp3) is 0.588. The summed E-state index contributed by atoms with van der Waals surface area (Å²) in [7, 11) is 1.84. The molecule has 1 unspecified atom stereocenters. The third-order valence-electron chi connectivity index (χ3n) is 4.64. The summed E-state index contributed by atoms with van der Waals surface area (Å²) in [6, 6.07) is 2.18. The van der Waals surface area contributed by atoms with E-state index in [0.717, 1.165) is 44.7 Å². The number of aryl methyl sites for hydroxylation is 2. The highest BCUT2D eigenvalue weighted by molar-refractivity contribution is 5.91. The molecule has 1 amide bonds. The van der Waals surface area contributed by atoms with Crippen LogP contribution in [0.25, 0.3) is 0 Å². The molecule has 0 radical (unpaired) electrons. The van der Waals surface area contributed by atoms with Crippen LogP contribution in [0.3, 0.4) is 0 Å². The van der Waals surface area contributed by atoms with Crippen LogP contribution in [-0.4, -0.2) is 56.8 Å². The van der Waals surface area contributed by atoms with Gasteiger partial charge in [-0.3, -0.25) is 9.48 Å². The van der Waals surface area contributed by atoms with Crippen LogP contribution in [0.4, 0.5) is 0 Å². The van der Waals surface area contributed by atoms with E-state index in [1.54, 1.807) is 11.1 Å². The molecule has 7 nitrogen and oxygen atoms in total. The molecule has 24 heavy (non-hydrogen) atoms. The molecule has 2 aromatic rings. The SMILES string of the molecule is Cc1nccn1CCCN(C)C(=O)c1ccn(C2CCCNC2)n1. The summed E-state index contributed by atoms with van der Waals surface area (Å²) in [4.78, 5) is 18.5. The number of hydrogen-bond acceptors (Lipinski definition) is 4. The van der Waals surface area contributed by atoms with Gasteiger partial charge in [-0.1, -0.05) is 0 Å². The highest BCUT2D eigenvalue weighted by Gasteiger charge is 2.19. The molecule has 0 spiro atoms. The number of piperidine rings is 1. The molecular weight excluding hydrogens is 304 g/mol. The minimum atomic E-state index is -0.0140. The van der Waals surface area contributed by atoms with Crippen molar-refractivity contribution in [3.8, 4) is 0 Å². The molecule has 3 rings (SSSR count). The van der Waals surface area contributed by atoms with Crippen LogP contribution in [0.2, 0.25) is 0 Å². The van der Waals surface area contributed by atoms with Gasteiger partial charge < -0.3 is 14.8 Å². The predicted octanol–water partition coefficient (Wildman–Crippen LogP) is 1.47. The summed E-state index contributed by atoms with van der Waals surface area (Å²) in [5.41, 5.74) is 0.530. The van der Waals surface area contributed by atoms with Crippen molar-refractivity contribution in [2.45, 2.75) is 38.8 Å². The van der Waals surface area contributed by atoms with Gasteiger partial charge in [0.1, 0.15) is 11.5 Å². The van der Waals surface area contributed by atoms with Gasteiger partial charge in [-0.05, 0) is 38.8 Å². The van der Waals surface area contributed by atoms with Crippen LogP contribution in [0.5, 0.6) is 0 Å². The summed E-state index contributed by atoms with van der Waals surface area (Å²) in [5.74, 6) is 0.990. The van der Waals surface area contributed by atoms with Gasteiger partial charge in [0.05, 0.1) is 6.04 Å². The van der Waals surface area contributed by atoms with Crippen molar-refractivity contribution in [3.05, 3.63) is 36.2 Å². The van der Waals surface area contributed by atoms with Crippen LogP contribution in [0.15, 0.2) is 24.7 Å². The van der Waals surface area contributed by atoms with Crippen LogP contribution in [0, 0.1) is 6.92 Å². The Hall–Kier alpha value is -2.15. The van der Waals surface area contributed by atoms with Gasteiger partial charge in [-0.15, -0.1) is 0 Å². The molecule has 1 fully saturated rings. The zero-order valence-electron chi connectivity index (χ0n) is 14.5. The molecule has 1 aliphatic rings. The highest BCUT2D eigenvalue weighted by atomic mass is 16.2. The first kappa shape index (κ1) is 16.7. The summed E-state index contributed by atoms with van der Waals surface area (Å²) >= 11 is 0. The molecule has 0 bridgehead atoms. The Balaban J connectivity index is 1.51. The Morgan fingerprint density at radius 2 is 2.33 bits per heavy atom. The smallest absolute Gasteiger partial charge is 0.274 e. The van der Waals surface area contributed by atoms with Crippen molar-refractivity contribution in [2.75, 3.05) is 26.7 Å². The quantitative estimate of drug-likeness (QED) is 0.871. The van der Waals surface area contributed by atoms with Gasteiger partial charge in [0.15, 0.2) is 0 Å². The molecule has 1 aliphatic heterocycles. The molecule has 1 saturated heterocycles. The maximum Gasteiger partial charge on any atom is 0.274 e. The van der Waals surface area contributed by atoms with E-state index in [1.807, 2.05) is 37.1 Å². The lowest BCUT2D eigenvalue weighted by atomic mass is 10.1. The second-order valence-corrected chi connectivity index (χ2v) is 6.43. The van der Waals surface area contributed by atoms with E-state index in [0.29, 0.717) is 18.3 Å². The van der Waals surface area contributed by atoms with Gasteiger partial charge in [-0.25, -0.2) is 4.98 Å². The Kier molecular flexibility index (Phi) is 5.30. The number of rotatable bonds is 6. The van der Waals surface area contributed by atoms with Crippen LogP contribution in [0.1, 0.15) is 41.6 Å².